The molecule has 0 unspecified atom stereocenters. The minimum Gasteiger partial charge on any atom is -0.423 e. The molecule has 2 rings (SSSR count). The first kappa shape index (κ1) is 14.2. The van der Waals surface area contributed by atoms with Crippen LogP contribution in [0.1, 0.15) is 21.5 Å². The van der Waals surface area contributed by atoms with Gasteiger partial charge in [-0.25, -0.2) is 4.79 Å². The molecule has 21 heavy (non-hydrogen) atoms. The number of hydrogen-bond donors (Lipinski definition) is 0. The maximum atomic E-state index is 12.1. The summed E-state index contributed by atoms with van der Waals surface area (Å²) in [5, 5.41) is 19.8. The fourth-order valence-electron chi connectivity index (χ4n) is 1.86. The van der Waals surface area contributed by atoms with E-state index in [1.807, 2.05) is 6.07 Å². The van der Waals surface area contributed by atoms with E-state index in [1.54, 1.807) is 31.2 Å². The van der Waals surface area contributed by atoms with E-state index in [4.69, 9.17) is 10.00 Å². The van der Waals surface area contributed by atoms with Gasteiger partial charge in [0.1, 0.15) is 11.3 Å². The number of rotatable bonds is 3. The van der Waals surface area contributed by atoms with Crippen LogP contribution in [0.25, 0.3) is 0 Å². The molecule has 0 heterocycles. The second-order valence-corrected chi connectivity index (χ2v) is 4.26. The Bertz CT molecular complexity index is 763. The van der Waals surface area contributed by atoms with E-state index >= 15 is 0 Å². The van der Waals surface area contributed by atoms with Gasteiger partial charge in [-0.2, -0.15) is 5.26 Å². The molecule has 0 aliphatic carbocycles. The van der Waals surface area contributed by atoms with Crippen molar-refractivity contribution in [2.75, 3.05) is 0 Å². The maximum Gasteiger partial charge on any atom is 0.350 e. The molecular formula is C15H10N2O4. The third-order valence-electron chi connectivity index (χ3n) is 2.81. The van der Waals surface area contributed by atoms with Crippen LogP contribution in [0.15, 0.2) is 42.5 Å². The number of aryl methyl sites for hydroxylation is 1. The molecule has 6 heteroatoms. The van der Waals surface area contributed by atoms with E-state index in [-0.39, 0.29) is 17.0 Å². The Labute approximate surface area is 120 Å². The molecule has 0 aromatic heterocycles. The quantitative estimate of drug-likeness (QED) is 0.373. The molecule has 0 N–H and O–H groups in total. The standard InChI is InChI=1S/C15H10N2O4/c1-10-4-2-7-13(14(10)17(19)20)15(18)21-12-6-3-5-11(8-12)9-16/h2-8H,1H3. The first-order valence-corrected chi connectivity index (χ1v) is 5.99. The van der Waals surface area contributed by atoms with Crippen LogP contribution in [0.5, 0.6) is 5.75 Å². The zero-order valence-corrected chi connectivity index (χ0v) is 11.1. The summed E-state index contributed by atoms with van der Waals surface area (Å²) in [6.07, 6.45) is 0. The number of carbonyl (C=O) groups is 1. The van der Waals surface area contributed by atoms with Gasteiger partial charge in [-0.1, -0.05) is 18.2 Å². The minimum absolute atomic E-state index is 0.123. The first-order chi connectivity index (χ1) is 10.0. The molecule has 0 saturated heterocycles. The highest BCUT2D eigenvalue weighted by atomic mass is 16.6. The number of nitro groups is 1. The molecule has 0 aliphatic rings. The number of nitrogens with zero attached hydrogens (tertiary/aromatic N) is 2. The van der Waals surface area contributed by atoms with Gasteiger partial charge in [-0.05, 0) is 31.2 Å². The van der Waals surface area contributed by atoms with Crippen LogP contribution in [0.4, 0.5) is 5.69 Å². The normalized spacial score (nSPS) is 9.71. The Balaban J connectivity index is 2.35. The molecule has 0 saturated carbocycles. The fourth-order valence-corrected chi connectivity index (χ4v) is 1.86. The number of carbonyl (C=O) groups excluding carboxylic acids is 1. The molecule has 0 fully saturated rings. The molecular weight excluding hydrogens is 272 g/mol. The van der Waals surface area contributed by atoms with Crippen LogP contribution < -0.4 is 4.74 Å². The lowest BCUT2D eigenvalue weighted by Gasteiger charge is -2.06. The average molecular weight is 282 g/mol. The summed E-state index contributed by atoms with van der Waals surface area (Å²) in [7, 11) is 0. The molecule has 0 amide bonds. The summed E-state index contributed by atoms with van der Waals surface area (Å²) in [5.74, 6) is -0.671. The van der Waals surface area contributed by atoms with Crippen LogP contribution in [-0.4, -0.2) is 10.9 Å². The van der Waals surface area contributed by atoms with Gasteiger partial charge in [0.25, 0.3) is 5.69 Å². The Morgan fingerprint density at radius 3 is 2.67 bits per heavy atom. The summed E-state index contributed by atoms with van der Waals surface area (Å²) < 4.78 is 5.09. The van der Waals surface area contributed by atoms with Gasteiger partial charge >= 0.3 is 5.97 Å². The van der Waals surface area contributed by atoms with Crippen molar-refractivity contribution in [1.82, 2.24) is 0 Å². The Kier molecular flexibility index (Phi) is 3.95. The zero-order valence-electron chi connectivity index (χ0n) is 11.1. The van der Waals surface area contributed by atoms with E-state index in [1.165, 1.54) is 18.2 Å². The summed E-state index contributed by atoms with van der Waals surface area (Å²) in [6.45, 7) is 1.55. The van der Waals surface area contributed by atoms with Crippen molar-refractivity contribution in [2.45, 2.75) is 6.92 Å². The van der Waals surface area contributed by atoms with Crippen molar-refractivity contribution in [3.05, 3.63) is 69.3 Å². The highest BCUT2D eigenvalue weighted by Crippen LogP contribution is 2.24. The number of esters is 1. The fraction of sp³-hybridized carbons (Fsp3) is 0.0667. The van der Waals surface area contributed by atoms with Crippen molar-refractivity contribution in [3.63, 3.8) is 0 Å². The third kappa shape index (κ3) is 3.04. The van der Waals surface area contributed by atoms with E-state index in [9.17, 15) is 14.9 Å². The smallest absolute Gasteiger partial charge is 0.350 e. The summed E-state index contributed by atoms with van der Waals surface area (Å²) in [4.78, 5) is 22.5. The van der Waals surface area contributed by atoms with Crippen molar-refractivity contribution in [2.24, 2.45) is 0 Å². The number of ether oxygens (including phenoxy) is 1. The van der Waals surface area contributed by atoms with Gasteiger partial charge in [0.15, 0.2) is 0 Å². The Hall–Kier alpha value is -3.20. The first-order valence-electron chi connectivity index (χ1n) is 5.99. The van der Waals surface area contributed by atoms with Crippen molar-refractivity contribution >= 4 is 11.7 Å². The van der Waals surface area contributed by atoms with E-state index in [0.717, 1.165) is 0 Å². The van der Waals surface area contributed by atoms with Gasteiger partial charge < -0.3 is 4.74 Å². The van der Waals surface area contributed by atoms with Crippen molar-refractivity contribution < 1.29 is 14.5 Å². The third-order valence-corrected chi connectivity index (χ3v) is 2.81. The topological polar surface area (TPSA) is 93.2 Å². The minimum atomic E-state index is -0.833. The molecule has 0 radical (unpaired) electrons. The summed E-state index contributed by atoms with van der Waals surface area (Å²) >= 11 is 0. The van der Waals surface area contributed by atoms with E-state index < -0.39 is 10.9 Å². The van der Waals surface area contributed by atoms with Gasteiger partial charge in [-0.15, -0.1) is 0 Å². The molecule has 2 aromatic rings. The van der Waals surface area contributed by atoms with Crippen LogP contribution >= 0.6 is 0 Å². The second-order valence-electron chi connectivity index (χ2n) is 4.26. The predicted molar refractivity (Wildman–Crippen MR) is 73.9 cm³/mol. The molecule has 6 nitrogen and oxygen atoms in total. The van der Waals surface area contributed by atoms with Crippen LogP contribution in [0, 0.1) is 28.4 Å². The Morgan fingerprint density at radius 2 is 2.00 bits per heavy atom. The lowest BCUT2D eigenvalue weighted by molar-refractivity contribution is -0.385. The van der Waals surface area contributed by atoms with Crippen LogP contribution in [0.2, 0.25) is 0 Å². The number of nitro benzene ring substituents is 1. The van der Waals surface area contributed by atoms with Gasteiger partial charge in [-0.3, -0.25) is 10.1 Å². The SMILES string of the molecule is Cc1cccc(C(=O)Oc2cccc(C#N)c2)c1[N+](=O)[O-]. The molecule has 104 valence electrons. The van der Waals surface area contributed by atoms with Crippen LogP contribution in [0.3, 0.4) is 0 Å². The predicted octanol–water partition coefficient (Wildman–Crippen LogP) is 2.99. The molecule has 2 aromatic carbocycles. The Morgan fingerprint density at radius 1 is 1.29 bits per heavy atom. The van der Waals surface area contributed by atoms with Crippen molar-refractivity contribution in [3.8, 4) is 11.8 Å². The number of nitriles is 1. The van der Waals surface area contributed by atoms with Gasteiger partial charge in [0.05, 0.1) is 16.6 Å². The highest BCUT2D eigenvalue weighted by Gasteiger charge is 2.23. The summed E-state index contributed by atoms with van der Waals surface area (Å²) in [6, 6.07) is 12.4. The van der Waals surface area contributed by atoms with Crippen LogP contribution in [-0.2, 0) is 0 Å². The highest BCUT2D eigenvalue weighted by molar-refractivity contribution is 5.95. The lowest BCUT2D eigenvalue weighted by atomic mass is 10.1. The number of hydrogen-bond acceptors (Lipinski definition) is 5. The second kappa shape index (κ2) is 5.84. The number of para-hydroxylation sites is 1. The molecule has 0 spiro atoms. The van der Waals surface area contributed by atoms with E-state index in [2.05, 4.69) is 0 Å². The lowest BCUT2D eigenvalue weighted by Crippen LogP contribution is -2.12. The maximum absolute atomic E-state index is 12.1. The zero-order chi connectivity index (χ0) is 15.4. The average Bonchev–Trinajstić information content (AvgIpc) is 2.46. The van der Waals surface area contributed by atoms with E-state index in [0.29, 0.717) is 11.1 Å². The van der Waals surface area contributed by atoms with Gasteiger partial charge in [0.2, 0.25) is 0 Å². The largest absolute Gasteiger partial charge is 0.423 e. The van der Waals surface area contributed by atoms with Gasteiger partial charge in [0, 0.05) is 5.56 Å². The molecule has 0 atom stereocenters. The molecule has 0 bridgehead atoms. The summed E-state index contributed by atoms with van der Waals surface area (Å²) in [5.41, 5.74) is 0.306. The molecule has 0 aliphatic heterocycles. The number of benzene rings is 2. The van der Waals surface area contributed by atoms with Crippen molar-refractivity contribution in [1.29, 1.82) is 5.26 Å². The monoisotopic (exact) mass is 282 g/mol.